The summed E-state index contributed by atoms with van der Waals surface area (Å²) < 4.78 is 13.7. The number of amides is 1. The Kier molecular flexibility index (Phi) is 5.34. The molecule has 19 heavy (non-hydrogen) atoms. The third-order valence-electron chi connectivity index (χ3n) is 3.03. The first-order valence-corrected chi connectivity index (χ1v) is 7.38. The number of carbonyl (C=O) groups is 1. The van der Waals surface area contributed by atoms with Gasteiger partial charge in [-0.25, -0.2) is 4.39 Å². The molecule has 5 heteroatoms. The fourth-order valence-corrected chi connectivity index (χ4v) is 2.28. The van der Waals surface area contributed by atoms with E-state index in [1.165, 1.54) is 12.1 Å². The molecule has 1 aromatic carbocycles. The Bertz CT molecular complexity index is 449. The van der Waals surface area contributed by atoms with Crippen LogP contribution >= 0.6 is 15.9 Å². The van der Waals surface area contributed by atoms with Gasteiger partial charge >= 0.3 is 0 Å². The van der Waals surface area contributed by atoms with Gasteiger partial charge in [0.2, 0.25) is 5.91 Å². The van der Waals surface area contributed by atoms with Gasteiger partial charge in [0.15, 0.2) is 0 Å². The molecule has 0 spiro atoms. The summed E-state index contributed by atoms with van der Waals surface area (Å²) in [4.78, 5) is 11.4. The van der Waals surface area contributed by atoms with Crippen LogP contribution in [0.2, 0.25) is 0 Å². The third kappa shape index (κ3) is 5.28. The van der Waals surface area contributed by atoms with Gasteiger partial charge in [-0.05, 0) is 43.5 Å². The summed E-state index contributed by atoms with van der Waals surface area (Å²) in [6.45, 7) is 1.45. The van der Waals surface area contributed by atoms with Gasteiger partial charge in [0.05, 0.1) is 0 Å². The van der Waals surface area contributed by atoms with E-state index in [1.807, 2.05) is 0 Å². The maximum absolute atomic E-state index is 12.9. The molecule has 2 rings (SSSR count). The highest BCUT2D eigenvalue weighted by molar-refractivity contribution is 9.10. The Labute approximate surface area is 121 Å². The van der Waals surface area contributed by atoms with Crippen molar-refractivity contribution in [2.75, 3.05) is 6.54 Å². The molecule has 0 saturated heterocycles. The summed E-state index contributed by atoms with van der Waals surface area (Å²) in [5.74, 6) is -0.0976. The molecule has 1 aliphatic rings. The van der Waals surface area contributed by atoms with Crippen molar-refractivity contribution in [2.45, 2.75) is 38.3 Å². The number of nitrogens with one attached hydrogen (secondary N) is 2. The lowest BCUT2D eigenvalue weighted by Crippen LogP contribution is -2.26. The standard InChI is InChI=1S/C14H18BrFN2O/c15-13-8-11(16)4-3-10(13)9-17-7-1-2-14(19)18-12-5-6-12/h3-4,8,12,17H,1-2,5-7,9H2,(H,18,19). The van der Waals surface area contributed by atoms with Gasteiger partial charge in [0, 0.05) is 23.5 Å². The first-order chi connectivity index (χ1) is 9.15. The molecule has 1 amide bonds. The van der Waals surface area contributed by atoms with E-state index in [1.54, 1.807) is 6.07 Å². The van der Waals surface area contributed by atoms with Crippen LogP contribution in [0.5, 0.6) is 0 Å². The van der Waals surface area contributed by atoms with Crippen LogP contribution in [-0.4, -0.2) is 18.5 Å². The second kappa shape index (κ2) is 7.01. The summed E-state index contributed by atoms with van der Waals surface area (Å²) in [5.41, 5.74) is 1.02. The monoisotopic (exact) mass is 328 g/mol. The molecule has 1 aromatic rings. The van der Waals surface area contributed by atoms with E-state index in [9.17, 15) is 9.18 Å². The molecule has 0 radical (unpaired) electrons. The Balaban J connectivity index is 1.59. The van der Waals surface area contributed by atoms with Crippen LogP contribution in [0.4, 0.5) is 4.39 Å². The highest BCUT2D eigenvalue weighted by atomic mass is 79.9. The van der Waals surface area contributed by atoms with E-state index in [0.717, 1.165) is 35.8 Å². The molecule has 1 saturated carbocycles. The van der Waals surface area contributed by atoms with Crippen LogP contribution in [0, 0.1) is 5.82 Å². The van der Waals surface area contributed by atoms with Crippen molar-refractivity contribution in [3.8, 4) is 0 Å². The second-order valence-corrected chi connectivity index (χ2v) is 5.71. The second-order valence-electron chi connectivity index (χ2n) is 4.86. The normalized spacial score (nSPS) is 14.4. The van der Waals surface area contributed by atoms with Gasteiger partial charge in [0.25, 0.3) is 0 Å². The molecule has 0 aliphatic heterocycles. The van der Waals surface area contributed by atoms with Crippen molar-refractivity contribution < 1.29 is 9.18 Å². The minimum atomic E-state index is -0.243. The van der Waals surface area contributed by atoms with Gasteiger partial charge < -0.3 is 10.6 Å². The zero-order valence-electron chi connectivity index (χ0n) is 10.7. The fraction of sp³-hybridized carbons (Fsp3) is 0.500. The van der Waals surface area contributed by atoms with E-state index in [2.05, 4.69) is 26.6 Å². The Hall–Kier alpha value is -0.940. The number of carbonyl (C=O) groups excluding carboxylic acids is 1. The van der Waals surface area contributed by atoms with Gasteiger partial charge in [-0.3, -0.25) is 4.79 Å². The molecule has 0 atom stereocenters. The highest BCUT2D eigenvalue weighted by Crippen LogP contribution is 2.19. The van der Waals surface area contributed by atoms with Gasteiger partial charge in [-0.15, -0.1) is 0 Å². The van der Waals surface area contributed by atoms with Crippen molar-refractivity contribution >= 4 is 21.8 Å². The van der Waals surface area contributed by atoms with Crippen molar-refractivity contribution in [1.82, 2.24) is 10.6 Å². The Morgan fingerprint density at radius 1 is 1.42 bits per heavy atom. The van der Waals surface area contributed by atoms with Crippen molar-refractivity contribution in [1.29, 1.82) is 0 Å². The van der Waals surface area contributed by atoms with E-state index < -0.39 is 0 Å². The predicted molar refractivity (Wildman–Crippen MR) is 76.2 cm³/mol. The first-order valence-electron chi connectivity index (χ1n) is 6.59. The summed E-state index contributed by atoms with van der Waals surface area (Å²) in [7, 11) is 0. The zero-order valence-corrected chi connectivity index (χ0v) is 12.3. The third-order valence-corrected chi connectivity index (χ3v) is 3.77. The van der Waals surface area contributed by atoms with Crippen LogP contribution in [0.25, 0.3) is 0 Å². The van der Waals surface area contributed by atoms with Crippen LogP contribution in [0.1, 0.15) is 31.2 Å². The topological polar surface area (TPSA) is 41.1 Å². The molecule has 0 bridgehead atoms. The van der Waals surface area contributed by atoms with E-state index in [-0.39, 0.29) is 11.7 Å². The lowest BCUT2D eigenvalue weighted by atomic mass is 10.2. The maximum Gasteiger partial charge on any atom is 0.220 e. The number of benzene rings is 1. The van der Waals surface area contributed by atoms with Gasteiger partial charge in [0.1, 0.15) is 5.82 Å². The van der Waals surface area contributed by atoms with Gasteiger partial charge in [-0.1, -0.05) is 22.0 Å². The number of hydrogen-bond acceptors (Lipinski definition) is 2. The summed E-state index contributed by atoms with van der Waals surface area (Å²) >= 11 is 3.33. The molecular weight excluding hydrogens is 311 g/mol. The van der Waals surface area contributed by atoms with E-state index in [0.29, 0.717) is 19.0 Å². The molecule has 0 aromatic heterocycles. The number of hydrogen-bond donors (Lipinski definition) is 2. The molecule has 104 valence electrons. The smallest absolute Gasteiger partial charge is 0.220 e. The minimum absolute atomic E-state index is 0.146. The number of halogens is 2. The fourth-order valence-electron chi connectivity index (χ4n) is 1.79. The SMILES string of the molecule is O=C(CCCNCc1ccc(F)cc1Br)NC1CC1. The van der Waals surface area contributed by atoms with Crippen LogP contribution in [0.3, 0.4) is 0 Å². The Morgan fingerprint density at radius 3 is 2.89 bits per heavy atom. The maximum atomic E-state index is 12.9. The predicted octanol–water partition coefficient (Wildman–Crippen LogP) is 2.74. The zero-order chi connectivity index (χ0) is 13.7. The summed E-state index contributed by atoms with van der Waals surface area (Å²) in [5, 5.41) is 6.22. The molecule has 3 nitrogen and oxygen atoms in total. The van der Waals surface area contributed by atoms with Crippen LogP contribution < -0.4 is 10.6 Å². The highest BCUT2D eigenvalue weighted by Gasteiger charge is 2.22. The molecule has 1 aliphatic carbocycles. The first kappa shape index (κ1) is 14.5. The van der Waals surface area contributed by atoms with Gasteiger partial charge in [-0.2, -0.15) is 0 Å². The number of rotatable bonds is 7. The Morgan fingerprint density at radius 2 is 2.21 bits per heavy atom. The molecule has 0 heterocycles. The average Bonchev–Trinajstić information content (AvgIpc) is 3.15. The summed E-state index contributed by atoms with van der Waals surface area (Å²) in [6, 6.07) is 5.10. The quantitative estimate of drug-likeness (QED) is 0.755. The van der Waals surface area contributed by atoms with Crippen molar-refractivity contribution in [2.24, 2.45) is 0 Å². The molecule has 1 fully saturated rings. The van der Waals surface area contributed by atoms with Crippen molar-refractivity contribution in [3.05, 3.63) is 34.1 Å². The molecular formula is C14H18BrFN2O. The lowest BCUT2D eigenvalue weighted by molar-refractivity contribution is -0.121. The average molecular weight is 329 g/mol. The molecule has 0 unspecified atom stereocenters. The summed E-state index contributed by atoms with van der Waals surface area (Å²) in [6.07, 6.45) is 3.64. The lowest BCUT2D eigenvalue weighted by Gasteiger charge is -2.07. The molecule has 2 N–H and O–H groups in total. The largest absolute Gasteiger partial charge is 0.353 e. The van der Waals surface area contributed by atoms with Crippen LogP contribution in [-0.2, 0) is 11.3 Å². The van der Waals surface area contributed by atoms with Crippen molar-refractivity contribution in [3.63, 3.8) is 0 Å². The van der Waals surface area contributed by atoms with E-state index >= 15 is 0 Å². The van der Waals surface area contributed by atoms with Crippen LogP contribution in [0.15, 0.2) is 22.7 Å². The minimum Gasteiger partial charge on any atom is -0.353 e. The van der Waals surface area contributed by atoms with E-state index in [4.69, 9.17) is 0 Å².